The lowest BCUT2D eigenvalue weighted by atomic mass is 9.80. The fourth-order valence-electron chi connectivity index (χ4n) is 18.8. The maximum Gasteiger partial charge on any atom is 0.409 e. The Morgan fingerprint density at radius 3 is 1.03 bits per heavy atom. The third kappa shape index (κ3) is 28.8. The first-order chi connectivity index (χ1) is 62.1. The number of piperidine rings is 3. The first-order valence-electron chi connectivity index (χ1n) is 47.9. The summed E-state index contributed by atoms with van der Waals surface area (Å²) in [6.45, 7) is 49.1. The molecule has 3 saturated heterocycles. The molecule has 3 unspecified atom stereocenters. The van der Waals surface area contributed by atoms with E-state index >= 15 is 0 Å². The summed E-state index contributed by atoms with van der Waals surface area (Å²) < 4.78 is 15.8. The van der Waals surface area contributed by atoms with Gasteiger partial charge in [0.1, 0.15) is 56.1 Å². The molecule has 16 N–H and O–H groups in total. The van der Waals surface area contributed by atoms with Crippen molar-refractivity contribution < 1.29 is 101 Å². The Morgan fingerprint density at radius 1 is 0.433 bits per heavy atom. The zero-order chi connectivity index (χ0) is 101. The van der Waals surface area contributed by atoms with Crippen molar-refractivity contribution >= 4 is 107 Å². The average molecular weight is 1890 g/mol. The van der Waals surface area contributed by atoms with E-state index in [4.69, 9.17) is 25.7 Å². The van der Waals surface area contributed by atoms with Gasteiger partial charge in [-0.25, -0.2) is 28.8 Å². The average Bonchev–Trinajstić information content (AvgIpc) is 1.53. The molecule has 9 rings (SSSR count). The van der Waals surface area contributed by atoms with Crippen LogP contribution in [-0.2, 0) is 71.7 Å². The van der Waals surface area contributed by atoms with Crippen LogP contribution >= 0.6 is 0 Å². The number of urea groups is 3. The number of alkyl carbamates (subject to hydrolysis) is 2. The van der Waals surface area contributed by atoms with E-state index in [0.29, 0.717) is 57.9 Å². The number of nitrogens with zero attached hydrogens (tertiary/aromatic N) is 4. The van der Waals surface area contributed by atoms with Crippen LogP contribution in [0.1, 0.15) is 230 Å². The molecule has 754 valence electrons. The second kappa shape index (κ2) is 45.5. The molecule has 39 nitrogen and oxygen atoms in total. The Balaban J connectivity index is 0.000000275. The minimum Gasteiger partial charge on any atom is -0.447 e. The van der Waals surface area contributed by atoms with Crippen molar-refractivity contribution in [2.24, 2.45) is 115 Å². The fraction of sp³-hybridized carbons (Fsp3) is 0.789. The quantitative estimate of drug-likeness (QED) is 0.0206. The van der Waals surface area contributed by atoms with Crippen molar-refractivity contribution in [3.05, 3.63) is 12.7 Å². The number of amides is 18. The van der Waals surface area contributed by atoms with Crippen molar-refractivity contribution in [2.75, 3.05) is 73.2 Å². The largest absolute Gasteiger partial charge is 0.447 e. The van der Waals surface area contributed by atoms with Crippen LogP contribution < -0.4 is 75.3 Å². The number of fused-ring (bicyclic) bond motifs is 3. The van der Waals surface area contributed by atoms with Gasteiger partial charge >= 0.3 is 36.4 Å². The Labute approximate surface area is 790 Å². The highest BCUT2D eigenvalue weighted by atomic mass is 16.6. The molecular weight excluding hydrogens is 1730 g/mol. The van der Waals surface area contributed by atoms with Gasteiger partial charge in [0.05, 0.1) is 36.3 Å². The predicted molar refractivity (Wildman–Crippen MR) is 498 cm³/mol. The number of nitrogens with one attached hydrogen (secondary N) is 12. The highest BCUT2D eigenvalue weighted by Gasteiger charge is 2.73. The minimum absolute atomic E-state index is 0.0359. The van der Waals surface area contributed by atoms with Gasteiger partial charge in [-0.15, -0.1) is 6.58 Å². The van der Waals surface area contributed by atoms with Crippen LogP contribution in [0, 0.1) is 104 Å². The van der Waals surface area contributed by atoms with E-state index in [-0.39, 0.29) is 114 Å². The van der Waals surface area contributed by atoms with E-state index in [2.05, 4.69) is 84.2 Å². The molecule has 0 bridgehead atoms. The zero-order valence-electron chi connectivity index (χ0n) is 83.8. The van der Waals surface area contributed by atoms with Crippen molar-refractivity contribution in [3.8, 4) is 0 Å². The standard InChI is InChI=1S/C34H56N6O7.C31H52N6O7.C30H50N6O7/c1-10-12-22(26(41)29(43)35-15-11-2)37-28(42)25-24-21(34(24,8)9)17-40(25)30(44)27(33(5,6)7)39-31(45)38-23(19(3)4)18-47-32(46)36-16-20-13-14-20;1-16(2)20(15-44-29(43)36(8)9)34-28(42)35-24(30(3,4)5)27(41)37-14-18-21(31(18,6)7)22(37)26(40)33-19(23(38)25(32)39)13-17-11-10-12-17;1-9-32-28(42)43-14-19(15(2)3)34-27(41)35-23(29(4,5)6)26(40)36-13-17-20(30(17,7)8)21(36)25(39)33-18(12-16-10-11-16)22(37)24(31)38/h11,19-25,27H,2,10,12-18H2,1,3-9H3,(H,35,43)(H,36,46)(H,37,42)(H2,38,39,45);16-22,24H,10-15H2,1-9H3,(H2,32,39)(H,33,40)(H2,34,35,42);15-21,23H,9-14H2,1-8H3,(H2,31,38)(H,32,42)(H,33,39)(H2,34,35,41)/t21-,22?,23+,24-,25-,27+;18-,19?,20+,21-,22-,24+;17-,18?,19+,20-,21-,23+/m000/s1. The number of rotatable bonds is 41. The number of hydrogen-bond donors (Lipinski definition) is 14. The number of hydrogen-bond acceptors (Lipinski definition) is 21. The molecule has 6 saturated carbocycles. The van der Waals surface area contributed by atoms with Gasteiger partial charge in [0.25, 0.3) is 17.7 Å². The summed E-state index contributed by atoms with van der Waals surface area (Å²) in [6.07, 6.45) is 8.18. The van der Waals surface area contributed by atoms with Gasteiger partial charge < -0.3 is 109 Å². The van der Waals surface area contributed by atoms with Crippen LogP contribution in [0.4, 0.5) is 28.8 Å². The van der Waals surface area contributed by atoms with Crippen LogP contribution in [-0.4, -0.2) is 272 Å². The van der Waals surface area contributed by atoms with Crippen LogP contribution in [0.5, 0.6) is 0 Å². The molecule has 6 aliphatic carbocycles. The van der Waals surface area contributed by atoms with Gasteiger partial charge in [-0.1, -0.05) is 197 Å². The van der Waals surface area contributed by atoms with Crippen LogP contribution in [0.3, 0.4) is 0 Å². The second-order valence-electron chi connectivity index (χ2n) is 44.5. The van der Waals surface area contributed by atoms with Gasteiger partial charge in [0.15, 0.2) is 0 Å². The number of nitrogens with two attached hydrogens (primary N) is 2. The Hall–Kier alpha value is -10.4. The van der Waals surface area contributed by atoms with Crippen LogP contribution in [0.2, 0.25) is 0 Å². The van der Waals surface area contributed by atoms with Crippen molar-refractivity contribution in [1.82, 2.24) is 83.4 Å². The molecule has 0 radical (unpaired) electrons. The summed E-state index contributed by atoms with van der Waals surface area (Å²) in [6, 6.07) is -12.0. The van der Waals surface area contributed by atoms with Gasteiger partial charge in [-0.05, 0) is 143 Å². The van der Waals surface area contributed by atoms with E-state index in [1.165, 1.54) is 25.7 Å². The second-order valence-corrected chi connectivity index (χ2v) is 44.5. The van der Waals surface area contributed by atoms with Crippen molar-refractivity contribution in [1.29, 1.82) is 0 Å². The molecule has 134 heavy (non-hydrogen) atoms. The van der Waals surface area contributed by atoms with Gasteiger partial charge in [-0.2, -0.15) is 0 Å². The molecule has 9 fully saturated rings. The number of carbonyl (C=O) groups excluding carboxylic acids is 18. The molecule has 18 atom stereocenters. The number of carbonyl (C=O) groups is 18. The van der Waals surface area contributed by atoms with E-state index in [1.807, 2.05) is 138 Å². The number of ketones is 3. The Bertz CT molecular complexity index is 4310. The summed E-state index contributed by atoms with van der Waals surface area (Å²) in [5.41, 5.74) is 7.84. The number of likely N-dealkylation sites (tertiary alicyclic amines) is 3. The maximum atomic E-state index is 14.2. The lowest BCUT2D eigenvalue weighted by molar-refractivity contribution is -0.145. The maximum absolute atomic E-state index is 14.2. The lowest BCUT2D eigenvalue weighted by Gasteiger charge is -2.38. The van der Waals surface area contributed by atoms with Gasteiger partial charge in [-0.3, -0.25) is 57.5 Å². The highest BCUT2D eigenvalue weighted by Crippen LogP contribution is 2.67. The molecule has 3 heterocycles. The zero-order valence-corrected chi connectivity index (χ0v) is 83.8. The predicted octanol–water partition coefficient (Wildman–Crippen LogP) is 5.43. The Kier molecular flexibility index (Phi) is 37.6. The molecular formula is C95H158N18O21. The first kappa shape index (κ1) is 111. The third-order valence-corrected chi connectivity index (χ3v) is 28.6. The normalized spacial score (nSPS) is 23.8. The summed E-state index contributed by atoms with van der Waals surface area (Å²) in [7, 11) is 3.13. The molecule has 0 aromatic carbocycles. The number of Topliss-reactive ketones (excluding diaryl/α,β-unsaturated/α-hetero) is 3. The summed E-state index contributed by atoms with van der Waals surface area (Å²) >= 11 is 0. The van der Waals surface area contributed by atoms with Crippen LogP contribution in [0.15, 0.2) is 12.7 Å². The molecule has 0 spiro atoms. The molecule has 0 aromatic heterocycles. The number of ether oxygens (including phenoxy) is 3. The van der Waals surface area contributed by atoms with E-state index in [1.54, 1.807) is 21.0 Å². The van der Waals surface area contributed by atoms with E-state index < -0.39 is 196 Å². The summed E-state index contributed by atoms with van der Waals surface area (Å²) in [5.74, 6) is -7.57. The molecule has 3 aliphatic heterocycles. The summed E-state index contributed by atoms with van der Waals surface area (Å²) in [4.78, 5) is 239. The van der Waals surface area contributed by atoms with Gasteiger partial charge in [0.2, 0.25) is 52.8 Å². The summed E-state index contributed by atoms with van der Waals surface area (Å²) in [5, 5.41) is 33.0. The molecule has 39 heteroatoms. The minimum atomic E-state index is -1.10. The smallest absolute Gasteiger partial charge is 0.409 e. The Morgan fingerprint density at radius 2 is 0.754 bits per heavy atom. The lowest BCUT2D eigenvalue weighted by Crippen LogP contribution is -2.62. The van der Waals surface area contributed by atoms with Crippen molar-refractivity contribution in [3.63, 3.8) is 0 Å². The SMILES string of the molecule is C=CCNC(=O)C(=O)C(CCC)NC(=O)[C@@H]1[C@@H]2[C@H](CN1C(=O)[C@@H](NC(=O)N[C@H](COC(=O)NCC1CC1)C(C)C)C(C)(C)C)C2(C)C.CC(C)[C@@H](COC(=O)N(C)C)NC(=O)N[C@H](C(=O)N1C[C@H]2[C@@H]([C@H]1C(=O)NC(CC1CCC1)C(=O)C(N)=O)C2(C)C)C(C)(C)C.CCNC(=O)OC[C@@H](NC(=O)N[C@H](C(=O)N1C[C@H]2[C@@H]([C@H]1C(=O)NC(CC1CC1)C(=O)C(N)=O)C2(C)C)C(C)(C)C)C(C)C. The van der Waals surface area contributed by atoms with E-state index in [0.717, 1.165) is 44.9 Å². The molecule has 0 aromatic rings. The third-order valence-electron chi connectivity index (χ3n) is 28.6. The highest BCUT2D eigenvalue weighted by molar-refractivity contribution is 6.39. The van der Waals surface area contributed by atoms with Crippen LogP contribution in [0.25, 0.3) is 0 Å². The first-order valence-corrected chi connectivity index (χ1v) is 47.9. The number of primary amides is 2. The molecule has 9 aliphatic rings. The van der Waals surface area contributed by atoms with Gasteiger partial charge in [0, 0.05) is 53.4 Å². The van der Waals surface area contributed by atoms with E-state index in [9.17, 15) is 86.3 Å². The fourth-order valence-corrected chi connectivity index (χ4v) is 18.8. The molecule has 18 amide bonds. The van der Waals surface area contributed by atoms with Crippen molar-refractivity contribution in [2.45, 2.75) is 302 Å². The monoisotopic (exact) mass is 1890 g/mol. The topological polar surface area (TPSA) is 544 Å².